The van der Waals surface area contributed by atoms with E-state index in [9.17, 15) is 0 Å². The molecule has 0 radical (unpaired) electrons. The number of thiophene rings is 1. The molecule has 114 valence electrons. The van der Waals surface area contributed by atoms with Crippen LogP contribution in [0.25, 0.3) is 0 Å². The summed E-state index contributed by atoms with van der Waals surface area (Å²) in [5.74, 6) is 0. The highest BCUT2D eigenvalue weighted by atomic mass is 35.5. The normalized spacial score (nSPS) is 11.2. The number of benzene rings is 1. The zero-order chi connectivity index (χ0) is 15.1. The third-order valence-electron chi connectivity index (χ3n) is 3.57. The molecule has 2 nitrogen and oxygen atoms in total. The van der Waals surface area contributed by atoms with Gasteiger partial charge in [0.2, 0.25) is 0 Å². The zero-order valence-corrected chi connectivity index (χ0v) is 14.3. The SMILES string of the molecule is CCN(CC)Cc1ccc(CNCc2cc(Cl)cs2)cc1. The standard InChI is InChI=1S/C17H23ClN2S/c1-3-20(4-2)12-15-7-5-14(6-8-15)10-19-11-17-9-16(18)13-21-17/h5-9,13,19H,3-4,10-12H2,1-2H3. The van der Waals surface area contributed by atoms with Gasteiger partial charge in [0, 0.05) is 29.9 Å². The summed E-state index contributed by atoms with van der Waals surface area (Å²) in [7, 11) is 0. The van der Waals surface area contributed by atoms with Crippen molar-refractivity contribution in [3.63, 3.8) is 0 Å². The van der Waals surface area contributed by atoms with E-state index in [-0.39, 0.29) is 0 Å². The van der Waals surface area contributed by atoms with E-state index in [1.807, 2.05) is 11.4 Å². The van der Waals surface area contributed by atoms with Gasteiger partial charge in [0.25, 0.3) is 0 Å². The molecule has 0 atom stereocenters. The van der Waals surface area contributed by atoms with Crippen molar-refractivity contribution in [2.75, 3.05) is 13.1 Å². The predicted molar refractivity (Wildman–Crippen MR) is 92.9 cm³/mol. The largest absolute Gasteiger partial charge is 0.308 e. The first kappa shape index (κ1) is 16.5. The molecule has 0 aliphatic heterocycles. The number of nitrogens with one attached hydrogen (secondary N) is 1. The second-order valence-corrected chi connectivity index (χ2v) is 6.54. The molecular weight excluding hydrogens is 300 g/mol. The topological polar surface area (TPSA) is 15.3 Å². The highest BCUT2D eigenvalue weighted by Gasteiger charge is 2.02. The molecular formula is C17H23ClN2S. The van der Waals surface area contributed by atoms with Crippen molar-refractivity contribution in [2.45, 2.75) is 33.5 Å². The van der Waals surface area contributed by atoms with Gasteiger partial charge in [-0.3, -0.25) is 4.90 Å². The van der Waals surface area contributed by atoms with Crippen molar-refractivity contribution >= 4 is 22.9 Å². The van der Waals surface area contributed by atoms with Gasteiger partial charge in [0.1, 0.15) is 0 Å². The van der Waals surface area contributed by atoms with Gasteiger partial charge in [0.05, 0.1) is 5.02 Å². The van der Waals surface area contributed by atoms with E-state index in [2.05, 4.69) is 48.3 Å². The summed E-state index contributed by atoms with van der Waals surface area (Å²) >= 11 is 7.62. The van der Waals surface area contributed by atoms with E-state index >= 15 is 0 Å². The quantitative estimate of drug-likeness (QED) is 0.768. The van der Waals surface area contributed by atoms with Crippen LogP contribution in [-0.4, -0.2) is 18.0 Å². The summed E-state index contributed by atoms with van der Waals surface area (Å²) < 4.78 is 0. The number of halogens is 1. The van der Waals surface area contributed by atoms with Crippen LogP contribution in [-0.2, 0) is 19.6 Å². The Hall–Kier alpha value is -0.870. The molecule has 0 amide bonds. The van der Waals surface area contributed by atoms with Crippen molar-refractivity contribution in [1.82, 2.24) is 10.2 Å². The van der Waals surface area contributed by atoms with E-state index < -0.39 is 0 Å². The Bertz CT molecular complexity index is 532. The summed E-state index contributed by atoms with van der Waals surface area (Å²) in [6.45, 7) is 9.41. The summed E-state index contributed by atoms with van der Waals surface area (Å²) in [4.78, 5) is 3.70. The van der Waals surface area contributed by atoms with E-state index in [0.29, 0.717) is 0 Å². The number of nitrogens with zero attached hydrogens (tertiary/aromatic N) is 1. The fourth-order valence-electron chi connectivity index (χ4n) is 2.24. The number of hydrogen-bond acceptors (Lipinski definition) is 3. The summed E-state index contributed by atoms with van der Waals surface area (Å²) in [6.07, 6.45) is 0. The first-order valence-electron chi connectivity index (χ1n) is 7.45. The van der Waals surface area contributed by atoms with Crippen LogP contribution in [0.5, 0.6) is 0 Å². The van der Waals surface area contributed by atoms with Gasteiger partial charge in [-0.15, -0.1) is 11.3 Å². The monoisotopic (exact) mass is 322 g/mol. The predicted octanol–water partition coefficient (Wildman–Crippen LogP) is 4.53. The van der Waals surface area contributed by atoms with Gasteiger partial charge < -0.3 is 5.32 Å². The van der Waals surface area contributed by atoms with Crippen molar-refractivity contribution in [3.05, 3.63) is 56.7 Å². The molecule has 0 bridgehead atoms. The van der Waals surface area contributed by atoms with Crippen LogP contribution in [0, 0.1) is 0 Å². The van der Waals surface area contributed by atoms with Crippen LogP contribution in [0.4, 0.5) is 0 Å². The lowest BCUT2D eigenvalue weighted by Crippen LogP contribution is -2.22. The lowest BCUT2D eigenvalue weighted by molar-refractivity contribution is 0.296. The molecule has 2 aromatic rings. The average molecular weight is 323 g/mol. The molecule has 21 heavy (non-hydrogen) atoms. The summed E-state index contributed by atoms with van der Waals surface area (Å²) in [5, 5.41) is 6.26. The lowest BCUT2D eigenvalue weighted by Gasteiger charge is -2.18. The minimum absolute atomic E-state index is 0.831. The maximum atomic E-state index is 5.92. The minimum Gasteiger partial charge on any atom is -0.308 e. The van der Waals surface area contributed by atoms with Gasteiger partial charge in [0.15, 0.2) is 0 Å². The Balaban J connectivity index is 1.79. The Morgan fingerprint density at radius 3 is 2.29 bits per heavy atom. The molecule has 0 saturated heterocycles. The Morgan fingerprint density at radius 2 is 1.71 bits per heavy atom. The molecule has 0 saturated carbocycles. The Labute approximate surface area is 136 Å². The van der Waals surface area contributed by atoms with Crippen LogP contribution in [0.15, 0.2) is 35.7 Å². The fourth-order valence-corrected chi connectivity index (χ4v) is 3.29. The molecule has 1 N–H and O–H groups in total. The van der Waals surface area contributed by atoms with Crippen LogP contribution >= 0.6 is 22.9 Å². The highest BCUT2D eigenvalue weighted by Crippen LogP contribution is 2.18. The van der Waals surface area contributed by atoms with Gasteiger partial charge in [-0.25, -0.2) is 0 Å². The first-order valence-corrected chi connectivity index (χ1v) is 8.70. The van der Waals surface area contributed by atoms with Gasteiger partial charge >= 0.3 is 0 Å². The third kappa shape index (κ3) is 5.44. The van der Waals surface area contributed by atoms with Crippen LogP contribution in [0.3, 0.4) is 0 Å². The average Bonchev–Trinajstić information content (AvgIpc) is 2.92. The molecule has 4 heteroatoms. The molecule has 0 aliphatic rings. The van der Waals surface area contributed by atoms with E-state index in [1.54, 1.807) is 11.3 Å². The third-order valence-corrected chi connectivity index (χ3v) is 4.86. The van der Waals surface area contributed by atoms with Gasteiger partial charge in [-0.05, 0) is 30.3 Å². The van der Waals surface area contributed by atoms with Crippen molar-refractivity contribution in [3.8, 4) is 0 Å². The van der Waals surface area contributed by atoms with Crippen LogP contribution < -0.4 is 5.32 Å². The summed E-state index contributed by atoms with van der Waals surface area (Å²) in [6, 6.07) is 10.9. The van der Waals surface area contributed by atoms with Crippen molar-refractivity contribution in [2.24, 2.45) is 0 Å². The maximum absolute atomic E-state index is 5.92. The maximum Gasteiger partial charge on any atom is 0.0516 e. The van der Waals surface area contributed by atoms with Gasteiger partial charge in [-0.1, -0.05) is 49.7 Å². The van der Waals surface area contributed by atoms with Crippen molar-refractivity contribution < 1.29 is 0 Å². The van der Waals surface area contributed by atoms with E-state index in [0.717, 1.165) is 37.7 Å². The highest BCUT2D eigenvalue weighted by molar-refractivity contribution is 7.10. The molecule has 1 heterocycles. The summed E-state index contributed by atoms with van der Waals surface area (Å²) in [5.41, 5.74) is 2.70. The lowest BCUT2D eigenvalue weighted by atomic mass is 10.1. The second kappa shape index (κ2) is 8.54. The van der Waals surface area contributed by atoms with Crippen molar-refractivity contribution in [1.29, 1.82) is 0 Å². The van der Waals surface area contributed by atoms with Crippen LogP contribution in [0.1, 0.15) is 29.9 Å². The molecule has 0 spiro atoms. The molecule has 0 aliphatic carbocycles. The molecule has 1 aromatic carbocycles. The second-order valence-electron chi connectivity index (χ2n) is 5.11. The zero-order valence-electron chi connectivity index (χ0n) is 12.7. The molecule has 1 aromatic heterocycles. The Morgan fingerprint density at radius 1 is 1.05 bits per heavy atom. The first-order chi connectivity index (χ1) is 10.2. The molecule has 2 rings (SSSR count). The minimum atomic E-state index is 0.831. The smallest absolute Gasteiger partial charge is 0.0516 e. The van der Waals surface area contributed by atoms with E-state index in [1.165, 1.54) is 16.0 Å². The van der Waals surface area contributed by atoms with E-state index in [4.69, 9.17) is 11.6 Å². The fraction of sp³-hybridized carbons (Fsp3) is 0.412. The number of rotatable bonds is 8. The van der Waals surface area contributed by atoms with Gasteiger partial charge in [-0.2, -0.15) is 0 Å². The Kier molecular flexibility index (Phi) is 6.71. The molecule has 0 unspecified atom stereocenters. The number of hydrogen-bond donors (Lipinski definition) is 1. The molecule has 0 fully saturated rings. The van der Waals surface area contributed by atoms with Crippen LogP contribution in [0.2, 0.25) is 5.02 Å².